The normalized spacial score (nSPS) is 10.6. The standard InChI is InChI=1S/C12H13ClN2O4/c13-10-4-2-9(11(8-10)15(18)19)3-5-12(17)14-6-1-7-16/h2-5,8,16H,1,6-7H2,(H,14,17). The molecule has 0 aliphatic heterocycles. The number of halogens is 1. The lowest BCUT2D eigenvalue weighted by molar-refractivity contribution is -0.385. The number of nitro groups is 1. The van der Waals surface area contributed by atoms with Gasteiger partial charge in [0, 0.05) is 30.3 Å². The van der Waals surface area contributed by atoms with Crippen LogP contribution in [0.15, 0.2) is 24.3 Å². The first-order valence-electron chi connectivity index (χ1n) is 5.55. The molecule has 0 aliphatic carbocycles. The van der Waals surface area contributed by atoms with Gasteiger partial charge >= 0.3 is 0 Å². The van der Waals surface area contributed by atoms with Crippen LogP contribution in [-0.2, 0) is 4.79 Å². The number of amides is 1. The van der Waals surface area contributed by atoms with Gasteiger partial charge in [0.15, 0.2) is 0 Å². The lowest BCUT2D eigenvalue weighted by atomic mass is 10.1. The molecule has 0 saturated heterocycles. The van der Waals surface area contributed by atoms with Gasteiger partial charge in [0.25, 0.3) is 5.69 Å². The second kappa shape index (κ2) is 7.50. The number of aliphatic hydroxyl groups excluding tert-OH is 1. The van der Waals surface area contributed by atoms with Crippen molar-refractivity contribution in [1.29, 1.82) is 0 Å². The maximum absolute atomic E-state index is 11.4. The van der Waals surface area contributed by atoms with E-state index in [4.69, 9.17) is 16.7 Å². The van der Waals surface area contributed by atoms with Crippen molar-refractivity contribution in [2.24, 2.45) is 0 Å². The van der Waals surface area contributed by atoms with Crippen molar-refractivity contribution >= 4 is 29.3 Å². The molecular formula is C12H13ClN2O4. The number of benzene rings is 1. The van der Waals surface area contributed by atoms with E-state index in [1.165, 1.54) is 30.4 Å². The molecule has 0 fully saturated rings. The van der Waals surface area contributed by atoms with E-state index in [9.17, 15) is 14.9 Å². The van der Waals surface area contributed by atoms with Gasteiger partial charge in [0.05, 0.1) is 10.5 Å². The summed E-state index contributed by atoms with van der Waals surface area (Å²) in [5, 5.41) is 22.2. The molecule has 2 N–H and O–H groups in total. The molecule has 19 heavy (non-hydrogen) atoms. The summed E-state index contributed by atoms with van der Waals surface area (Å²) in [5.74, 6) is -0.377. The SMILES string of the molecule is O=C(C=Cc1ccc(Cl)cc1[N+](=O)[O-])NCCCO. The number of carbonyl (C=O) groups is 1. The van der Waals surface area contributed by atoms with Crippen LogP contribution in [0.2, 0.25) is 5.02 Å². The summed E-state index contributed by atoms with van der Waals surface area (Å²) in [4.78, 5) is 21.6. The van der Waals surface area contributed by atoms with Crippen LogP contribution in [0.5, 0.6) is 0 Å². The molecule has 1 aromatic carbocycles. The molecule has 0 aliphatic rings. The molecule has 0 bridgehead atoms. The van der Waals surface area contributed by atoms with Crippen molar-refractivity contribution in [3.05, 3.63) is 45.0 Å². The molecule has 7 heteroatoms. The Bertz CT molecular complexity index is 503. The van der Waals surface area contributed by atoms with Crippen molar-refractivity contribution in [1.82, 2.24) is 5.32 Å². The highest BCUT2D eigenvalue weighted by Gasteiger charge is 2.12. The summed E-state index contributed by atoms with van der Waals surface area (Å²) in [6.45, 7) is 0.342. The summed E-state index contributed by atoms with van der Waals surface area (Å²) in [7, 11) is 0. The number of nitro benzene ring substituents is 1. The summed E-state index contributed by atoms with van der Waals surface area (Å²) in [6, 6.07) is 4.21. The van der Waals surface area contributed by atoms with Crippen LogP contribution in [0.3, 0.4) is 0 Å². The Morgan fingerprint density at radius 1 is 1.53 bits per heavy atom. The predicted octanol–water partition coefficient (Wildman–Crippen LogP) is 1.76. The first kappa shape index (κ1) is 15.1. The van der Waals surface area contributed by atoms with E-state index in [-0.39, 0.29) is 23.2 Å². The molecule has 0 atom stereocenters. The Morgan fingerprint density at radius 2 is 2.26 bits per heavy atom. The minimum atomic E-state index is -0.560. The van der Waals surface area contributed by atoms with Crippen LogP contribution in [0.4, 0.5) is 5.69 Å². The van der Waals surface area contributed by atoms with Crippen LogP contribution < -0.4 is 5.32 Å². The lowest BCUT2D eigenvalue weighted by Gasteiger charge is -2.00. The lowest BCUT2D eigenvalue weighted by Crippen LogP contribution is -2.22. The van der Waals surface area contributed by atoms with Gasteiger partial charge in [-0.1, -0.05) is 11.6 Å². The average molecular weight is 285 g/mol. The highest BCUT2D eigenvalue weighted by Crippen LogP contribution is 2.24. The van der Waals surface area contributed by atoms with Gasteiger partial charge < -0.3 is 10.4 Å². The van der Waals surface area contributed by atoms with E-state index in [0.29, 0.717) is 18.5 Å². The second-order valence-corrected chi connectivity index (χ2v) is 4.10. The summed E-state index contributed by atoms with van der Waals surface area (Å²) in [5.41, 5.74) is 0.138. The maximum Gasteiger partial charge on any atom is 0.278 e. The third-order valence-electron chi connectivity index (χ3n) is 2.24. The van der Waals surface area contributed by atoms with Gasteiger partial charge in [-0.05, 0) is 24.6 Å². The number of aliphatic hydroxyl groups is 1. The molecule has 0 unspecified atom stereocenters. The van der Waals surface area contributed by atoms with E-state index in [1.807, 2.05) is 0 Å². The van der Waals surface area contributed by atoms with Crippen molar-refractivity contribution in [3.63, 3.8) is 0 Å². The molecule has 0 spiro atoms. The molecular weight excluding hydrogens is 272 g/mol. The van der Waals surface area contributed by atoms with Gasteiger partial charge in [-0.15, -0.1) is 0 Å². The second-order valence-electron chi connectivity index (χ2n) is 3.66. The highest BCUT2D eigenvalue weighted by atomic mass is 35.5. The first-order valence-corrected chi connectivity index (χ1v) is 5.93. The van der Waals surface area contributed by atoms with E-state index in [1.54, 1.807) is 0 Å². The maximum atomic E-state index is 11.4. The van der Waals surface area contributed by atoms with Crippen LogP contribution in [0.25, 0.3) is 6.08 Å². The smallest absolute Gasteiger partial charge is 0.278 e. The molecule has 1 amide bonds. The zero-order valence-electron chi connectivity index (χ0n) is 10.0. The number of hydrogen-bond donors (Lipinski definition) is 2. The van der Waals surface area contributed by atoms with E-state index in [2.05, 4.69) is 5.32 Å². The van der Waals surface area contributed by atoms with Crippen LogP contribution in [-0.4, -0.2) is 29.1 Å². The Kier molecular flexibility index (Phi) is 5.98. The molecule has 0 radical (unpaired) electrons. The topological polar surface area (TPSA) is 92.5 Å². The van der Waals surface area contributed by atoms with E-state index < -0.39 is 4.92 Å². The number of hydrogen-bond acceptors (Lipinski definition) is 4. The zero-order chi connectivity index (χ0) is 14.3. The largest absolute Gasteiger partial charge is 0.396 e. The highest BCUT2D eigenvalue weighted by molar-refractivity contribution is 6.30. The summed E-state index contributed by atoms with van der Waals surface area (Å²) >= 11 is 5.68. The van der Waals surface area contributed by atoms with Crippen LogP contribution in [0.1, 0.15) is 12.0 Å². The third-order valence-corrected chi connectivity index (χ3v) is 2.47. The fourth-order valence-electron chi connectivity index (χ4n) is 1.33. The van der Waals surface area contributed by atoms with Crippen molar-refractivity contribution in [3.8, 4) is 0 Å². The number of nitrogens with one attached hydrogen (secondary N) is 1. The van der Waals surface area contributed by atoms with E-state index in [0.717, 1.165) is 0 Å². The van der Waals surface area contributed by atoms with Crippen molar-refractivity contribution in [2.45, 2.75) is 6.42 Å². The van der Waals surface area contributed by atoms with E-state index >= 15 is 0 Å². The Labute approximate surface area is 114 Å². The van der Waals surface area contributed by atoms with Crippen molar-refractivity contribution in [2.75, 3.05) is 13.2 Å². The number of carbonyl (C=O) groups excluding carboxylic acids is 1. The van der Waals surface area contributed by atoms with Gasteiger partial charge in [-0.25, -0.2) is 0 Å². The average Bonchev–Trinajstić information content (AvgIpc) is 2.37. The molecule has 1 aromatic rings. The molecule has 1 rings (SSSR count). The summed E-state index contributed by atoms with van der Waals surface area (Å²) in [6.07, 6.45) is 3.01. The quantitative estimate of drug-likeness (QED) is 0.360. The fourth-order valence-corrected chi connectivity index (χ4v) is 1.50. The fraction of sp³-hybridized carbons (Fsp3) is 0.250. The third kappa shape index (κ3) is 5.07. The zero-order valence-corrected chi connectivity index (χ0v) is 10.8. The Hall–Kier alpha value is -1.92. The van der Waals surface area contributed by atoms with Crippen LogP contribution >= 0.6 is 11.6 Å². The minimum absolute atomic E-state index is 0.00729. The van der Waals surface area contributed by atoms with Gasteiger partial charge in [-0.3, -0.25) is 14.9 Å². The molecule has 0 saturated carbocycles. The summed E-state index contributed by atoms with van der Waals surface area (Å²) < 4.78 is 0. The van der Waals surface area contributed by atoms with Crippen LogP contribution in [0, 0.1) is 10.1 Å². The first-order chi connectivity index (χ1) is 9.04. The molecule has 102 valence electrons. The number of nitrogens with zero attached hydrogens (tertiary/aromatic N) is 1. The molecule has 0 aromatic heterocycles. The molecule has 6 nitrogen and oxygen atoms in total. The van der Waals surface area contributed by atoms with Gasteiger partial charge in [0.1, 0.15) is 0 Å². The van der Waals surface area contributed by atoms with Crippen molar-refractivity contribution < 1.29 is 14.8 Å². The monoisotopic (exact) mass is 284 g/mol. The Morgan fingerprint density at radius 3 is 2.89 bits per heavy atom. The Balaban J connectivity index is 2.76. The number of rotatable bonds is 6. The predicted molar refractivity (Wildman–Crippen MR) is 71.9 cm³/mol. The van der Waals surface area contributed by atoms with Gasteiger partial charge in [-0.2, -0.15) is 0 Å². The molecule has 0 heterocycles. The minimum Gasteiger partial charge on any atom is -0.396 e. The van der Waals surface area contributed by atoms with Gasteiger partial charge in [0.2, 0.25) is 5.91 Å².